The molecule has 0 atom stereocenters. The standard InChI is InChI=1S/C16H20N6OS3/c1-3-21(4-2)16-18-14-11(26-16)7-10(25-14)13(23)17-8-12-19-20-15(24)22(12)9-5-6-9/h7,9H,3-6,8H2,1-2H3,(H,17,23)(H,20,24). The van der Waals surface area contributed by atoms with Gasteiger partial charge in [0.2, 0.25) is 0 Å². The lowest BCUT2D eigenvalue weighted by molar-refractivity contribution is 0.0953. The molecule has 1 aliphatic carbocycles. The molecule has 1 aliphatic rings. The van der Waals surface area contributed by atoms with E-state index >= 15 is 0 Å². The van der Waals surface area contributed by atoms with E-state index in [1.165, 1.54) is 11.3 Å². The van der Waals surface area contributed by atoms with Crippen LogP contribution in [-0.2, 0) is 6.54 Å². The van der Waals surface area contributed by atoms with Crippen LogP contribution in [0, 0.1) is 4.77 Å². The molecule has 0 aliphatic heterocycles. The third-order valence-corrected chi connectivity index (χ3v) is 6.94. The van der Waals surface area contributed by atoms with E-state index in [2.05, 4.69) is 39.2 Å². The number of nitrogens with one attached hydrogen (secondary N) is 2. The number of H-pyrrole nitrogens is 1. The molecule has 0 bridgehead atoms. The number of aromatic amines is 1. The summed E-state index contributed by atoms with van der Waals surface area (Å²) >= 11 is 8.34. The molecule has 7 nitrogen and oxygen atoms in total. The van der Waals surface area contributed by atoms with Crippen LogP contribution in [0.4, 0.5) is 5.13 Å². The summed E-state index contributed by atoms with van der Waals surface area (Å²) in [6.45, 7) is 6.47. The Labute approximate surface area is 164 Å². The van der Waals surface area contributed by atoms with Gasteiger partial charge in [0.15, 0.2) is 15.7 Å². The van der Waals surface area contributed by atoms with Crippen molar-refractivity contribution in [3.8, 4) is 0 Å². The number of hydrogen-bond acceptors (Lipinski definition) is 7. The maximum atomic E-state index is 12.5. The molecule has 0 spiro atoms. The van der Waals surface area contributed by atoms with Crippen molar-refractivity contribution in [2.75, 3.05) is 18.0 Å². The summed E-state index contributed by atoms with van der Waals surface area (Å²) in [5, 5.41) is 11.0. The van der Waals surface area contributed by atoms with Gasteiger partial charge in [0.1, 0.15) is 4.83 Å². The minimum absolute atomic E-state index is 0.0964. The molecule has 3 aromatic rings. The number of carbonyl (C=O) groups excluding carboxylic acids is 1. The van der Waals surface area contributed by atoms with Crippen LogP contribution in [0.3, 0.4) is 0 Å². The molecule has 1 fully saturated rings. The van der Waals surface area contributed by atoms with Crippen molar-refractivity contribution in [2.24, 2.45) is 0 Å². The number of carbonyl (C=O) groups is 1. The normalized spacial score (nSPS) is 14.1. The zero-order valence-corrected chi connectivity index (χ0v) is 17.1. The Morgan fingerprint density at radius 2 is 2.19 bits per heavy atom. The molecule has 4 rings (SSSR count). The minimum Gasteiger partial charge on any atom is -0.349 e. The lowest BCUT2D eigenvalue weighted by atomic mass is 10.4. The van der Waals surface area contributed by atoms with Gasteiger partial charge in [-0.25, -0.2) is 4.98 Å². The van der Waals surface area contributed by atoms with Crippen molar-refractivity contribution in [3.63, 3.8) is 0 Å². The molecule has 3 aromatic heterocycles. The fraction of sp³-hybridized carbons (Fsp3) is 0.500. The largest absolute Gasteiger partial charge is 0.349 e. The van der Waals surface area contributed by atoms with Crippen LogP contribution >= 0.6 is 34.9 Å². The first-order valence-corrected chi connectivity index (χ1v) is 10.7. The van der Waals surface area contributed by atoms with Crippen LogP contribution in [0.1, 0.15) is 48.2 Å². The Hall–Kier alpha value is -1.78. The Kier molecular flexibility index (Phi) is 4.80. The van der Waals surface area contributed by atoms with Gasteiger partial charge in [0, 0.05) is 19.1 Å². The molecular formula is C16H20N6OS3. The number of anilines is 1. The van der Waals surface area contributed by atoms with Gasteiger partial charge in [0.25, 0.3) is 5.91 Å². The number of amides is 1. The monoisotopic (exact) mass is 408 g/mol. The summed E-state index contributed by atoms with van der Waals surface area (Å²) in [6, 6.07) is 2.36. The molecule has 1 saturated carbocycles. The highest BCUT2D eigenvalue weighted by Gasteiger charge is 2.27. The molecule has 2 N–H and O–H groups in total. The first-order chi connectivity index (χ1) is 12.6. The molecule has 138 valence electrons. The summed E-state index contributed by atoms with van der Waals surface area (Å²) in [4.78, 5) is 21.0. The van der Waals surface area contributed by atoms with Gasteiger partial charge in [-0.1, -0.05) is 11.3 Å². The fourth-order valence-electron chi connectivity index (χ4n) is 2.88. The first-order valence-electron chi connectivity index (χ1n) is 8.70. The second-order valence-corrected chi connectivity index (χ2v) is 8.60. The van der Waals surface area contributed by atoms with E-state index in [-0.39, 0.29) is 5.91 Å². The predicted octanol–water partition coefficient (Wildman–Crippen LogP) is 3.72. The van der Waals surface area contributed by atoms with Crippen molar-refractivity contribution in [2.45, 2.75) is 39.3 Å². The zero-order chi connectivity index (χ0) is 18.3. The van der Waals surface area contributed by atoms with Crippen LogP contribution in [0.25, 0.3) is 9.53 Å². The number of aromatic nitrogens is 4. The van der Waals surface area contributed by atoms with Gasteiger partial charge in [-0.15, -0.1) is 11.3 Å². The van der Waals surface area contributed by atoms with E-state index in [4.69, 9.17) is 12.2 Å². The fourth-order valence-corrected chi connectivity index (χ4v) is 5.44. The summed E-state index contributed by atoms with van der Waals surface area (Å²) in [5.74, 6) is 0.687. The van der Waals surface area contributed by atoms with Crippen LogP contribution in [0.2, 0.25) is 0 Å². The van der Waals surface area contributed by atoms with Crippen molar-refractivity contribution in [1.82, 2.24) is 25.1 Å². The van der Waals surface area contributed by atoms with Gasteiger partial charge < -0.3 is 10.2 Å². The van der Waals surface area contributed by atoms with Crippen LogP contribution in [0.5, 0.6) is 0 Å². The number of nitrogens with zero attached hydrogens (tertiary/aromatic N) is 4. The van der Waals surface area contributed by atoms with Gasteiger partial charge in [-0.3, -0.25) is 14.5 Å². The number of hydrogen-bond donors (Lipinski definition) is 2. The molecule has 0 aromatic carbocycles. The highest BCUT2D eigenvalue weighted by atomic mass is 32.1. The van der Waals surface area contributed by atoms with Crippen molar-refractivity contribution >= 4 is 55.5 Å². The summed E-state index contributed by atoms with van der Waals surface area (Å²) in [7, 11) is 0. The summed E-state index contributed by atoms with van der Waals surface area (Å²) < 4.78 is 3.70. The van der Waals surface area contributed by atoms with E-state index < -0.39 is 0 Å². The average Bonchev–Trinajstić information content (AvgIpc) is 3.09. The van der Waals surface area contributed by atoms with Crippen molar-refractivity contribution in [3.05, 3.63) is 21.5 Å². The number of thiazole rings is 1. The molecule has 26 heavy (non-hydrogen) atoms. The van der Waals surface area contributed by atoms with Gasteiger partial charge >= 0.3 is 0 Å². The van der Waals surface area contributed by atoms with E-state index in [0.29, 0.717) is 22.2 Å². The quantitative estimate of drug-likeness (QED) is 0.583. The maximum absolute atomic E-state index is 12.5. The van der Waals surface area contributed by atoms with Gasteiger partial charge in [-0.05, 0) is 45.0 Å². The van der Waals surface area contributed by atoms with E-state index in [9.17, 15) is 4.79 Å². The molecule has 1 amide bonds. The average molecular weight is 409 g/mol. The molecule has 0 saturated heterocycles. The zero-order valence-electron chi connectivity index (χ0n) is 14.6. The summed E-state index contributed by atoms with van der Waals surface area (Å²) in [5.41, 5.74) is 0. The van der Waals surface area contributed by atoms with Gasteiger partial charge in [-0.2, -0.15) is 5.10 Å². The number of rotatable bonds is 7. The van der Waals surface area contributed by atoms with Crippen molar-refractivity contribution in [1.29, 1.82) is 0 Å². The van der Waals surface area contributed by atoms with E-state index in [0.717, 1.165) is 46.4 Å². The van der Waals surface area contributed by atoms with Crippen LogP contribution in [0.15, 0.2) is 6.07 Å². The Balaban J connectivity index is 1.46. The smallest absolute Gasteiger partial charge is 0.261 e. The SMILES string of the molecule is CCN(CC)c1nc2sc(C(=O)NCc3n[nH]c(=S)n3C3CC3)cc2s1. The topological polar surface area (TPSA) is 78.8 Å². The van der Waals surface area contributed by atoms with Crippen molar-refractivity contribution < 1.29 is 4.79 Å². The molecule has 3 heterocycles. The Morgan fingerprint density at radius 3 is 2.85 bits per heavy atom. The molecule has 0 unspecified atom stereocenters. The summed E-state index contributed by atoms with van der Waals surface area (Å²) in [6.07, 6.45) is 2.24. The maximum Gasteiger partial charge on any atom is 0.261 e. The lowest BCUT2D eigenvalue weighted by Crippen LogP contribution is -2.24. The molecular weight excluding hydrogens is 388 g/mol. The Morgan fingerprint density at radius 1 is 1.42 bits per heavy atom. The highest BCUT2D eigenvalue weighted by Crippen LogP contribution is 2.36. The third-order valence-electron chi connectivity index (χ3n) is 4.43. The molecule has 0 radical (unpaired) electrons. The second kappa shape index (κ2) is 7.09. The number of fused-ring (bicyclic) bond motifs is 1. The van der Waals surface area contributed by atoms with E-state index in [1.807, 2.05) is 10.6 Å². The van der Waals surface area contributed by atoms with Crippen LogP contribution < -0.4 is 10.2 Å². The lowest BCUT2D eigenvalue weighted by Gasteiger charge is -2.16. The second-order valence-electron chi connectivity index (χ2n) is 6.18. The van der Waals surface area contributed by atoms with E-state index in [1.54, 1.807) is 11.3 Å². The molecule has 10 heteroatoms. The Bertz CT molecular complexity index is 960. The van der Waals surface area contributed by atoms with Gasteiger partial charge in [0.05, 0.1) is 16.1 Å². The predicted molar refractivity (Wildman–Crippen MR) is 108 cm³/mol. The third kappa shape index (κ3) is 3.28. The first kappa shape index (κ1) is 17.6. The number of thiophene rings is 1. The minimum atomic E-state index is -0.0964. The highest BCUT2D eigenvalue weighted by molar-refractivity contribution is 7.71. The van der Waals surface area contributed by atoms with Crippen LogP contribution in [-0.4, -0.2) is 38.7 Å².